The lowest BCUT2D eigenvalue weighted by atomic mass is 9.77. The molecular weight excluding hydrogens is 488 g/mol. The third kappa shape index (κ3) is 5.30. The summed E-state index contributed by atoms with van der Waals surface area (Å²) in [5.74, 6) is -0.643. The summed E-state index contributed by atoms with van der Waals surface area (Å²) in [6.45, 7) is 3.92. The highest BCUT2D eigenvalue weighted by atomic mass is 16.5. The van der Waals surface area contributed by atoms with Crippen LogP contribution >= 0.6 is 0 Å². The van der Waals surface area contributed by atoms with E-state index in [2.05, 4.69) is 5.32 Å². The standard InChI is InChI=1S/C29H34N2O7/c1-4-5-24(34)31(15-18-8-6-17(2)7-9-18)22-14-21(29(36)30-10-11-32)25-20-12-19(16-33)13-23(37-3)27(20)38-28(25)26(22)35/h6-9,12-14,16,22,25-26,28,32,35H,4-5,10-11,15H2,1-3H3,(H,30,36). The molecule has 0 saturated carbocycles. The van der Waals surface area contributed by atoms with Gasteiger partial charge in [-0.25, -0.2) is 0 Å². The fourth-order valence-corrected chi connectivity index (χ4v) is 5.17. The zero-order valence-electron chi connectivity index (χ0n) is 21.8. The zero-order chi connectivity index (χ0) is 27.4. The van der Waals surface area contributed by atoms with Gasteiger partial charge >= 0.3 is 0 Å². The van der Waals surface area contributed by atoms with Gasteiger partial charge in [0.1, 0.15) is 18.5 Å². The minimum Gasteiger partial charge on any atom is -0.493 e. The molecule has 0 bridgehead atoms. The van der Waals surface area contributed by atoms with Gasteiger partial charge in [0.2, 0.25) is 11.8 Å². The van der Waals surface area contributed by atoms with E-state index >= 15 is 0 Å². The first-order valence-electron chi connectivity index (χ1n) is 12.8. The van der Waals surface area contributed by atoms with E-state index in [1.807, 2.05) is 38.1 Å². The lowest BCUT2D eigenvalue weighted by Gasteiger charge is -2.40. The Kier molecular flexibility index (Phi) is 8.48. The molecule has 3 N–H and O–H groups in total. The molecule has 9 nitrogen and oxygen atoms in total. The first-order chi connectivity index (χ1) is 18.3. The summed E-state index contributed by atoms with van der Waals surface area (Å²) in [5.41, 5.74) is 3.16. The molecule has 2 aromatic carbocycles. The van der Waals surface area contributed by atoms with Gasteiger partial charge in [0.05, 0.1) is 25.7 Å². The van der Waals surface area contributed by atoms with Gasteiger partial charge in [-0.1, -0.05) is 36.8 Å². The Morgan fingerprint density at radius 3 is 2.58 bits per heavy atom. The van der Waals surface area contributed by atoms with Crippen LogP contribution in [-0.2, 0) is 16.1 Å². The number of hydrogen-bond donors (Lipinski definition) is 3. The van der Waals surface area contributed by atoms with E-state index in [1.165, 1.54) is 13.2 Å². The average Bonchev–Trinajstić information content (AvgIpc) is 3.31. The topological polar surface area (TPSA) is 125 Å². The average molecular weight is 523 g/mol. The van der Waals surface area contributed by atoms with Crippen molar-refractivity contribution in [1.29, 1.82) is 0 Å². The number of nitrogens with one attached hydrogen (secondary N) is 1. The maximum absolute atomic E-state index is 13.4. The molecule has 1 aliphatic carbocycles. The molecule has 0 aromatic heterocycles. The van der Waals surface area contributed by atoms with Gasteiger partial charge in [-0.05, 0) is 37.1 Å². The zero-order valence-corrected chi connectivity index (χ0v) is 21.8. The molecule has 9 heteroatoms. The summed E-state index contributed by atoms with van der Waals surface area (Å²) in [6.07, 6.45) is 1.14. The number of aliphatic hydroxyl groups excluding tert-OH is 2. The van der Waals surface area contributed by atoms with E-state index < -0.39 is 30.1 Å². The third-order valence-electron chi connectivity index (χ3n) is 7.03. The number of fused-ring (bicyclic) bond motifs is 3. The molecule has 0 saturated heterocycles. The Morgan fingerprint density at radius 1 is 1.21 bits per heavy atom. The van der Waals surface area contributed by atoms with Crippen LogP contribution in [0.5, 0.6) is 11.5 Å². The van der Waals surface area contributed by atoms with Crippen LogP contribution in [-0.4, -0.2) is 71.7 Å². The van der Waals surface area contributed by atoms with Gasteiger partial charge in [0.15, 0.2) is 11.5 Å². The Morgan fingerprint density at radius 2 is 1.95 bits per heavy atom. The molecule has 1 aliphatic heterocycles. The normalized spacial score (nSPS) is 21.4. The highest BCUT2D eigenvalue weighted by Gasteiger charge is 2.51. The Balaban J connectivity index is 1.81. The summed E-state index contributed by atoms with van der Waals surface area (Å²) in [6, 6.07) is 10.1. The summed E-state index contributed by atoms with van der Waals surface area (Å²) in [4.78, 5) is 39.9. The molecule has 4 rings (SSSR count). The molecule has 2 amide bonds. The van der Waals surface area contributed by atoms with Crippen molar-refractivity contribution in [2.75, 3.05) is 20.3 Å². The number of carbonyl (C=O) groups excluding carboxylic acids is 3. The summed E-state index contributed by atoms with van der Waals surface area (Å²) in [5, 5.41) is 23.6. The van der Waals surface area contributed by atoms with Gasteiger partial charge in [-0.3, -0.25) is 14.4 Å². The van der Waals surface area contributed by atoms with E-state index in [1.54, 1.807) is 17.0 Å². The lowest BCUT2D eigenvalue weighted by Crippen LogP contribution is -2.55. The van der Waals surface area contributed by atoms with Crippen LogP contribution in [0.4, 0.5) is 0 Å². The molecule has 0 fully saturated rings. The minimum absolute atomic E-state index is 0.0358. The smallest absolute Gasteiger partial charge is 0.247 e. The number of aldehydes is 1. The third-order valence-corrected chi connectivity index (χ3v) is 7.03. The van der Waals surface area contributed by atoms with Crippen LogP contribution in [0.3, 0.4) is 0 Å². The molecule has 4 atom stereocenters. The Labute approximate surface area is 222 Å². The first-order valence-corrected chi connectivity index (χ1v) is 12.8. The van der Waals surface area contributed by atoms with E-state index in [-0.39, 0.29) is 32.0 Å². The predicted octanol–water partition coefficient (Wildman–Crippen LogP) is 2.27. The Hall–Kier alpha value is -3.69. The molecule has 202 valence electrons. The van der Waals surface area contributed by atoms with Crippen molar-refractivity contribution < 1.29 is 34.1 Å². The fourth-order valence-electron chi connectivity index (χ4n) is 5.17. The minimum atomic E-state index is -1.17. The molecule has 2 aliphatic rings. The number of hydrogen-bond acceptors (Lipinski definition) is 7. The van der Waals surface area contributed by atoms with E-state index in [9.17, 15) is 24.6 Å². The number of amides is 2. The number of methoxy groups -OCH3 is 1. The van der Waals surface area contributed by atoms with Crippen molar-refractivity contribution in [3.05, 3.63) is 70.3 Å². The highest BCUT2D eigenvalue weighted by molar-refractivity contribution is 5.96. The van der Waals surface area contributed by atoms with Crippen LogP contribution in [0.1, 0.15) is 52.7 Å². The van der Waals surface area contributed by atoms with E-state index in [0.29, 0.717) is 40.9 Å². The summed E-state index contributed by atoms with van der Waals surface area (Å²) in [7, 11) is 1.45. The van der Waals surface area contributed by atoms with Gasteiger partial charge < -0.3 is 29.9 Å². The maximum atomic E-state index is 13.4. The molecular formula is C29H34N2O7. The number of nitrogens with zero attached hydrogens (tertiary/aromatic N) is 1. The molecule has 38 heavy (non-hydrogen) atoms. The second-order valence-corrected chi connectivity index (χ2v) is 9.66. The number of aryl methyl sites for hydroxylation is 1. The second kappa shape index (κ2) is 11.8. The van der Waals surface area contributed by atoms with Crippen LogP contribution in [0.25, 0.3) is 0 Å². The first kappa shape index (κ1) is 27.3. The monoisotopic (exact) mass is 522 g/mol. The predicted molar refractivity (Wildman–Crippen MR) is 140 cm³/mol. The van der Waals surface area contributed by atoms with E-state index in [4.69, 9.17) is 9.47 Å². The molecule has 1 heterocycles. The van der Waals surface area contributed by atoms with Crippen molar-refractivity contribution in [2.45, 2.75) is 57.4 Å². The summed E-state index contributed by atoms with van der Waals surface area (Å²) < 4.78 is 11.7. The van der Waals surface area contributed by atoms with Crippen molar-refractivity contribution in [3.63, 3.8) is 0 Å². The van der Waals surface area contributed by atoms with Crippen molar-refractivity contribution in [2.24, 2.45) is 0 Å². The van der Waals surface area contributed by atoms with Crippen molar-refractivity contribution in [1.82, 2.24) is 10.2 Å². The van der Waals surface area contributed by atoms with Crippen LogP contribution in [0, 0.1) is 6.92 Å². The number of carbonyl (C=O) groups is 3. The number of benzene rings is 2. The molecule has 4 unspecified atom stereocenters. The van der Waals surface area contributed by atoms with Crippen molar-refractivity contribution in [3.8, 4) is 11.5 Å². The second-order valence-electron chi connectivity index (χ2n) is 9.66. The molecule has 0 radical (unpaired) electrons. The van der Waals surface area contributed by atoms with Crippen LogP contribution in [0.15, 0.2) is 48.0 Å². The molecule has 0 spiro atoms. The number of rotatable bonds is 10. The summed E-state index contributed by atoms with van der Waals surface area (Å²) >= 11 is 0. The SMILES string of the molecule is CCCC(=O)N(Cc1ccc(C)cc1)C1C=C(C(=O)NCCO)C2c3cc(C=O)cc(OC)c3OC2C1O. The van der Waals surface area contributed by atoms with Gasteiger partial charge in [0.25, 0.3) is 0 Å². The number of aliphatic hydroxyl groups is 2. The van der Waals surface area contributed by atoms with Crippen molar-refractivity contribution >= 4 is 18.1 Å². The maximum Gasteiger partial charge on any atom is 0.247 e. The number of ether oxygens (including phenoxy) is 2. The Bertz CT molecular complexity index is 1220. The van der Waals surface area contributed by atoms with E-state index in [0.717, 1.165) is 11.1 Å². The van der Waals surface area contributed by atoms with Crippen LogP contribution < -0.4 is 14.8 Å². The van der Waals surface area contributed by atoms with Crippen LogP contribution in [0.2, 0.25) is 0 Å². The lowest BCUT2D eigenvalue weighted by molar-refractivity contribution is -0.138. The van der Waals surface area contributed by atoms with Gasteiger partial charge in [0, 0.05) is 36.2 Å². The quantitative estimate of drug-likeness (QED) is 0.409. The van der Waals surface area contributed by atoms with Gasteiger partial charge in [-0.15, -0.1) is 0 Å². The van der Waals surface area contributed by atoms with Gasteiger partial charge in [-0.2, -0.15) is 0 Å². The highest BCUT2D eigenvalue weighted by Crippen LogP contribution is 2.51. The fraction of sp³-hybridized carbons (Fsp3) is 0.414. The largest absolute Gasteiger partial charge is 0.493 e. The molecule has 2 aromatic rings.